The number of nitrogens with one attached hydrogen (secondary N) is 1. The first-order chi connectivity index (χ1) is 12.9. The zero-order chi connectivity index (χ0) is 19.6. The molecule has 1 aromatic carbocycles. The Hall–Kier alpha value is -2.65. The topological polar surface area (TPSA) is 97.4 Å². The molecule has 27 heavy (non-hydrogen) atoms. The molecule has 144 valence electrons. The fourth-order valence-electron chi connectivity index (χ4n) is 2.80. The molecule has 1 N–H and O–H groups in total. The normalized spacial score (nSPS) is 11.8. The van der Waals surface area contributed by atoms with Crippen molar-refractivity contribution >= 4 is 26.9 Å². The SMILES string of the molecule is CCN(CC)c1ccc(CNS(=O)(=O)c2ccc3c(c2)oc(=O)n3C)cn1. The highest BCUT2D eigenvalue weighted by molar-refractivity contribution is 7.89. The van der Waals surface area contributed by atoms with Crippen LogP contribution >= 0.6 is 0 Å². The number of sulfonamides is 1. The average molecular weight is 390 g/mol. The summed E-state index contributed by atoms with van der Waals surface area (Å²) in [6.45, 7) is 5.93. The Balaban J connectivity index is 1.76. The van der Waals surface area contributed by atoms with E-state index in [4.69, 9.17) is 4.42 Å². The van der Waals surface area contributed by atoms with Crippen molar-refractivity contribution < 1.29 is 12.8 Å². The molecule has 0 bridgehead atoms. The van der Waals surface area contributed by atoms with E-state index in [0.29, 0.717) is 5.52 Å². The summed E-state index contributed by atoms with van der Waals surface area (Å²) in [5, 5.41) is 0. The van der Waals surface area contributed by atoms with Crippen molar-refractivity contribution in [1.29, 1.82) is 0 Å². The van der Waals surface area contributed by atoms with E-state index in [2.05, 4.69) is 28.5 Å². The Morgan fingerprint density at radius 2 is 1.93 bits per heavy atom. The van der Waals surface area contributed by atoms with Gasteiger partial charge in [-0.1, -0.05) is 6.07 Å². The van der Waals surface area contributed by atoms with Crippen molar-refractivity contribution in [3.8, 4) is 0 Å². The second-order valence-corrected chi connectivity index (χ2v) is 7.84. The molecule has 9 heteroatoms. The van der Waals surface area contributed by atoms with Gasteiger partial charge >= 0.3 is 5.76 Å². The summed E-state index contributed by atoms with van der Waals surface area (Å²) in [7, 11) is -2.18. The van der Waals surface area contributed by atoms with E-state index in [1.54, 1.807) is 19.3 Å². The lowest BCUT2D eigenvalue weighted by Crippen LogP contribution is -2.24. The van der Waals surface area contributed by atoms with Crippen LogP contribution in [0.5, 0.6) is 0 Å². The zero-order valence-corrected chi connectivity index (χ0v) is 16.3. The largest absolute Gasteiger partial charge is 0.419 e. The number of nitrogens with zero attached hydrogens (tertiary/aromatic N) is 3. The van der Waals surface area contributed by atoms with Gasteiger partial charge in [-0.15, -0.1) is 0 Å². The van der Waals surface area contributed by atoms with E-state index in [1.165, 1.54) is 16.7 Å². The number of fused-ring (bicyclic) bond motifs is 1. The fraction of sp³-hybridized carbons (Fsp3) is 0.333. The minimum Gasteiger partial charge on any atom is -0.408 e. The lowest BCUT2D eigenvalue weighted by atomic mass is 10.3. The number of oxazole rings is 1. The Bertz CT molecular complexity index is 1100. The third-order valence-corrected chi connectivity index (χ3v) is 5.84. The molecule has 0 unspecified atom stereocenters. The number of pyridine rings is 1. The highest BCUT2D eigenvalue weighted by Gasteiger charge is 2.17. The van der Waals surface area contributed by atoms with Crippen LogP contribution in [0.25, 0.3) is 11.1 Å². The van der Waals surface area contributed by atoms with Crippen LogP contribution in [-0.2, 0) is 23.6 Å². The van der Waals surface area contributed by atoms with E-state index < -0.39 is 15.8 Å². The maximum atomic E-state index is 12.5. The van der Waals surface area contributed by atoms with Crippen molar-refractivity contribution in [1.82, 2.24) is 14.3 Å². The third kappa shape index (κ3) is 3.88. The number of anilines is 1. The molecular formula is C18H22N4O4S. The molecule has 2 heterocycles. The van der Waals surface area contributed by atoms with E-state index >= 15 is 0 Å². The van der Waals surface area contributed by atoms with Gasteiger partial charge in [-0.3, -0.25) is 4.57 Å². The lowest BCUT2D eigenvalue weighted by Gasteiger charge is -2.19. The number of hydrogen-bond acceptors (Lipinski definition) is 6. The fourth-order valence-corrected chi connectivity index (χ4v) is 3.83. The summed E-state index contributed by atoms with van der Waals surface area (Å²) in [4.78, 5) is 18.1. The minimum absolute atomic E-state index is 0.0390. The molecule has 3 aromatic rings. The average Bonchev–Trinajstić information content (AvgIpc) is 2.95. The molecule has 3 rings (SSSR count). The van der Waals surface area contributed by atoms with E-state index in [0.717, 1.165) is 24.5 Å². The molecular weight excluding hydrogens is 368 g/mol. The van der Waals surface area contributed by atoms with Gasteiger partial charge in [0.2, 0.25) is 10.0 Å². The minimum atomic E-state index is -3.75. The molecule has 0 atom stereocenters. The number of hydrogen-bond donors (Lipinski definition) is 1. The summed E-state index contributed by atoms with van der Waals surface area (Å²) >= 11 is 0. The van der Waals surface area contributed by atoms with Crippen LogP contribution in [0.4, 0.5) is 5.82 Å². The van der Waals surface area contributed by atoms with E-state index in [9.17, 15) is 13.2 Å². The second-order valence-electron chi connectivity index (χ2n) is 6.08. The maximum absolute atomic E-state index is 12.5. The van der Waals surface area contributed by atoms with Gasteiger partial charge in [-0.05, 0) is 37.6 Å². The molecule has 0 saturated carbocycles. The quantitative estimate of drug-likeness (QED) is 0.661. The summed E-state index contributed by atoms with van der Waals surface area (Å²) in [6, 6.07) is 8.07. The van der Waals surface area contributed by atoms with Gasteiger partial charge in [0.25, 0.3) is 0 Å². The summed E-state index contributed by atoms with van der Waals surface area (Å²) < 4.78 is 34.0. The lowest BCUT2D eigenvalue weighted by molar-refractivity contribution is 0.527. The van der Waals surface area contributed by atoms with Crippen LogP contribution in [-0.4, -0.2) is 31.1 Å². The first-order valence-electron chi connectivity index (χ1n) is 8.64. The number of benzene rings is 1. The van der Waals surface area contributed by atoms with Gasteiger partial charge in [0.15, 0.2) is 5.58 Å². The van der Waals surface area contributed by atoms with Crippen LogP contribution in [0, 0.1) is 0 Å². The number of aryl methyl sites for hydroxylation is 1. The van der Waals surface area contributed by atoms with Crippen LogP contribution in [0.1, 0.15) is 19.4 Å². The molecule has 0 aliphatic heterocycles. The molecule has 8 nitrogen and oxygen atoms in total. The van der Waals surface area contributed by atoms with Crippen molar-refractivity contribution in [3.05, 3.63) is 52.6 Å². The first-order valence-corrected chi connectivity index (χ1v) is 10.1. The van der Waals surface area contributed by atoms with Crippen LogP contribution in [0.15, 0.2) is 50.6 Å². The van der Waals surface area contributed by atoms with Crippen LogP contribution < -0.4 is 15.4 Å². The van der Waals surface area contributed by atoms with Gasteiger partial charge in [0, 0.05) is 38.9 Å². The molecule has 0 saturated heterocycles. The van der Waals surface area contributed by atoms with Crippen molar-refractivity contribution in [3.63, 3.8) is 0 Å². The monoisotopic (exact) mass is 390 g/mol. The smallest absolute Gasteiger partial charge is 0.408 e. The Morgan fingerprint density at radius 1 is 1.19 bits per heavy atom. The molecule has 0 amide bonds. The molecule has 0 aliphatic carbocycles. The second kappa shape index (κ2) is 7.53. The number of aromatic nitrogens is 2. The van der Waals surface area contributed by atoms with Crippen LogP contribution in [0.2, 0.25) is 0 Å². The highest BCUT2D eigenvalue weighted by atomic mass is 32.2. The van der Waals surface area contributed by atoms with E-state index in [1.807, 2.05) is 12.1 Å². The number of rotatable bonds is 7. The van der Waals surface area contributed by atoms with Crippen molar-refractivity contribution in [2.45, 2.75) is 25.3 Å². The predicted octanol–water partition coefficient (Wildman–Crippen LogP) is 1.85. The molecule has 0 aliphatic rings. The van der Waals surface area contributed by atoms with Crippen LogP contribution in [0.3, 0.4) is 0 Å². The van der Waals surface area contributed by atoms with Gasteiger partial charge < -0.3 is 9.32 Å². The maximum Gasteiger partial charge on any atom is 0.419 e. The van der Waals surface area contributed by atoms with Crippen molar-refractivity contribution in [2.75, 3.05) is 18.0 Å². The standard InChI is InChI=1S/C18H22N4O4S/c1-4-22(5-2)17-9-6-13(11-19-17)12-20-27(24,25)14-7-8-15-16(10-14)26-18(23)21(15)3/h6-11,20H,4-5,12H2,1-3H3. The predicted molar refractivity (Wildman–Crippen MR) is 103 cm³/mol. The molecule has 2 aromatic heterocycles. The van der Waals surface area contributed by atoms with Gasteiger partial charge in [-0.25, -0.2) is 22.9 Å². The zero-order valence-electron chi connectivity index (χ0n) is 15.5. The van der Waals surface area contributed by atoms with Crippen molar-refractivity contribution in [2.24, 2.45) is 7.05 Å². The Morgan fingerprint density at radius 3 is 2.56 bits per heavy atom. The highest BCUT2D eigenvalue weighted by Crippen LogP contribution is 2.18. The summed E-state index contributed by atoms with van der Waals surface area (Å²) in [5.74, 6) is 0.322. The third-order valence-electron chi connectivity index (χ3n) is 4.44. The molecule has 0 radical (unpaired) electrons. The van der Waals surface area contributed by atoms with Gasteiger partial charge in [0.1, 0.15) is 5.82 Å². The summed E-state index contributed by atoms with van der Waals surface area (Å²) in [5.41, 5.74) is 1.52. The first kappa shape index (κ1) is 19.1. The Kier molecular flexibility index (Phi) is 5.33. The van der Waals surface area contributed by atoms with Gasteiger partial charge in [0.05, 0.1) is 10.4 Å². The van der Waals surface area contributed by atoms with Gasteiger partial charge in [-0.2, -0.15) is 0 Å². The molecule has 0 spiro atoms. The molecule has 0 fully saturated rings. The Labute approximate surface area is 157 Å². The summed E-state index contributed by atoms with van der Waals surface area (Å²) in [6.07, 6.45) is 1.66. The van der Waals surface area contributed by atoms with E-state index in [-0.39, 0.29) is 17.0 Å².